The summed E-state index contributed by atoms with van der Waals surface area (Å²) in [4.78, 5) is 5.88. The topological polar surface area (TPSA) is 28.2 Å². The number of halogens is 2. The lowest BCUT2D eigenvalue weighted by molar-refractivity contribution is 0.507. The average Bonchev–Trinajstić information content (AvgIpc) is 2.44. The van der Waals surface area contributed by atoms with Crippen molar-refractivity contribution < 1.29 is 4.39 Å². The van der Waals surface area contributed by atoms with Crippen LogP contribution in [0.3, 0.4) is 0 Å². The Balaban J connectivity index is 1.94. The van der Waals surface area contributed by atoms with Crippen LogP contribution in [0.15, 0.2) is 42.6 Å². The van der Waals surface area contributed by atoms with Gasteiger partial charge in [0.25, 0.3) is 0 Å². The zero-order valence-corrected chi connectivity index (χ0v) is 12.4. The molecule has 1 heterocycles. The van der Waals surface area contributed by atoms with Crippen molar-refractivity contribution in [3.8, 4) is 0 Å². The largest absolute Gasteiger partial charge is 0.348 e. The smallest absolute Gasteiger partial charge is 0.173 e. The Labute approximate surface area is 127 Å². The number of rotatable bonds is 3. The summed E-state index contributed by atoms with van der Waals surface area (Å²) in [5, 5.41) is 4.05. The molecule has 0 aliphatic heterocycles. The molecule has 0 bridgehead atoms. The molecule has 2 aromatic rings. The van der Waals surface area contributed by atoms with E-state index in [1.54, 1.807) is 24.4 Å². The van der Waals surface area contributed by atoms with E-state index in [1.807, 2.05) is 18.0 Å². The molecule has 0 saturated carbocycles. The van der Waals surface area contributed by atoms with Crippen LogP contribution in [0.1, 0.15) is 5.56 Å². The Morgan fingerprint density at radius 2 is 2.00 bits per heavy atom. The molecule has 0 amide bonds. The molecule has 1 aromatic carbocycles. The molecule has 20 heavy (non-hydrogen) atoms. The molecule has 1 aromatic heterocycles. The predicted octanol–water partition coefficient (Wildman–Crippen LogP) is 3.70. The van der Waals surface area contributed by atoms with Crippen LogP contribution in [-0.4, -0.2) is 22.0 Å². The van der Waals surface area contributed by atoms with E-state index in [9.17, 15) is 4.39 Å². The van der Waals surface area contributed by atoms with Gasteiger partial charge in [0.15, 0.2) is 5.11 Å². The van der Waals surface area contributed by atoms with E-state index in [0.29, 0.717) is 16.8 Å². The van der Waals surface area contributed by atoms with Crippen molar-refractivity contribution in [2.45, 2.75) is 6.54 Å². The number of anilines is 1. The lowest BCUT2D eigenvalue weighted by atomic mass is 10.3. The van der Waals surface area contributed by atoms with Gasteiger partial charge in [-0.05, 0) is 48.1 Å². The number of aromatic nitrogens is 1. The second-order valence-corrected chi connectivity index (χ2v) is 5.06. The minimum absolute atomic E-state index is 0.276. The number of pyridine rings is 1. The van der Waals surface area contributed by atoms with E-state index >= 15 is 0 Å². The van der Waals surface area contributed by atoms with Gasteiger partial charge in [-0.2, -0.15) is 0 Å². The second kappa shape index (κ2) is 6.63. The van der Waals surface area contributed by atoms with Crippen LogP contribution < -0.4 is 5.32 Å². The van der Waals surface area contributed by atoms with E-state index in [0.717, 1.165) is 11.3 Å². The maximum absolute atomic E-state index is 12.8. The molecule has 0 radical (unpaired) electrons. The van der Waals surface area contributed by atoms with Crippen molar-refractivity contribution in [3.05, 3.63) is 59.1 Å². The first kappa shape index (κ1) is 14.7. The molecule has 0 fully saturated rings. The Kier molecular flexibility index (Phi) is 4.87. The maximum Gasteiger partial charge on any atom is 0.173 e. The third-order valence-corrected chi connectivity index (χ3v) is 3.29. The van der Waals surface area contributed by atoms with Gasteiger partial charge in [-0.15, -0.1) is 0 Å². The van der Waals surface area contributed by atoms with E-state index in [1.165, 1.54) is 12.1 Å². The lowest BCUT2D eigenvalue weighted by Gasteiger charge is -2.21. The van der Waals surface area contributed by atoms with Gasteiger partial charge in [0.05, 0.1) is 0 Å². The number of hydrogen-bond donors (Lipinski definition) is 1. The number of nitrogens with zero attached hydrogens (tertiary/aromatic N) is 2. The summed E-state index contributed by atoms with van der Waals surface area (Å²) < 4.78 is 12.8. The van der Waals surface area contributed by atoms with Crippen LogP contribution in [0.2, 0.25) is 5.15 Å². The van der Waals surface area contributed by atoms with Gasteiger partial charge in [-0.1, -0.05) is 17.7 Å². The number of thiocarbonyl (C=S) groups is 1. The molecule has 104 valence electrons. The van der Waals surface area contributed by atoms with Crippen LogP contribution in [0.5, 0.6) is 0 Å². The third kappa shape index (κ3) is 4.15. The van der Waals surface area contributed by atoms with Crippen LogP contribution in [0.25, 0.3) is 0 Å². The molecule has 2 rings (SSSR count). The van der Waals surface area contributed by atoms with Gasteiger partial charge < -0.3 is 10.2 Å². The highest BCUT2D eigenvalue weighted by Gasteiger charge is 2.06. The molecule has 0 aliphatic rings. The predicted molar refractivity (Wildman–Crippen MR) is 83.3 cm³/mol. The lowest BCUT2D eigenvalue weighted by Crippen LogP contribution is -2.30. The Morgan fingerprint density at radius 3 is 2.60 bits per heavy atom. The van der Waals surface area contributed by atoms with Crippen molar-refractivity contribution in [3.63, 3.8) is 0 Å². The molecule has 0 saturated heterocycles. The monoisotopic (exact) mass is 309 g/mol. The molecular weight excluding hydrogens is 297 g/mol. The molecule has 6 heteroatoms. The fourth-order valence-electron chi connectivity index (χ4n) is 1.60. The van der Waals surface area contributed by atoms with Crippen LogP contribution in [0, 0.1) is 5.82 Å². The first-order valence-corrected chi connectivity index (χ1v) is 6.71. The third-order valence-electron chi connectivity index (χ3n) is 2.65. The zero-order valence-electron chi connectivity index (χ0n) is 10.8. The normalized spacial score (nSPS) is 10.2. The first-order valence-electron chi connectivity index (χ1n) is 5.93. The standard InChI is InChI=1S/C14H13ClFN3S/c1-19(9-10-2-7-13(15)17-8-10)14(20)18-12-5-3-11(16)4-6-12/h2-8H,9H2,1H3,(H,18,20). The molecule has 0 unspecified atom stereocenters. The quantitative estimate of drug-likeness (QED) is 0.691. The van der Waals surface area contributed by atoms with Gasteiger partial charge >= 0.3 is 0 Å². The van der Waals surface area contributed by atoms with Crippen molar-refractivity contribution >= 4 is 34.6 Å². The second-order valence-electron chi connectivity index (χ2n) is 4.28. The summed E-state index contributed by atoms with van der Waals surface area (Å²) in [5.41, 5.74) is 1.75. The summed E-state index contributed by atoms with van der Waals surface area (Å²) in [5.74, 6) is -0.276. The van der Waals surface area contributed by atoms with Gasteiger partial charge in [0, 0.05) is 25.5 Å². The van der Waals surface area contributed by atoms with E-state index in [4.69, 9.17) is 23.8 Å². The Hall–Kier alpha value is -1.72. The number of nitrogens with one attached hydrogen (secondary N) is 1. The van der Waals surface area contributed by atoms with Crippen molar-refractivity contribution in [1.82, 2.24) is 9.88 Å². The summed E-state index contributed by atoms with van der Waals surface area (Å²) in [6.07, 6.45) is 1.71. The molecule has 3 nitrogen and oxygen atoms in total. The van der Waals surface area contributed by atoms with E-state index in [2.05, 4.69) is 10.3 Å². The summed E-state index contributed by atoms with van der Waals surface area (Å²) in [6, 6.07) is 9.67. The van der Waals surface area contributed by atoms with Crippen LogP contribution >= 0.6 is 23.8 Å². The van der Waals surface area contributed by atoms with Crippen molar-refractivity contribution in [2.24, 2.45) is 0 Å². The maximum atomic E-state index is 12.8. The average molecular weight is 310 g/mol. The van der Waals surface area contributed by atoms with Crippen molar-refractivity contribution in [1.29, 1.82) is 0 Å². The number of hydrogen-bond acceptors (Lipinski definition) is 2. The molecular formula is C14H13ClFN3S. The molecule has 1 N–H and O–H groups in total. The molecule has 0 aliphatic carbocycles. The fourth-order valence-corrected chi connectivity index (χ4v) is 1.89. The first-order chi connectivity index (χ1) is 9.54. The fraction of sp³-hybridized carbons (Fsp3) is 0.143. The Morgan fingerprint density at radius 1 is 1.30 bits per heavy atom. The van der Waals surface area contributed by atoms with Gasteiger partial charge in [-0.3, -0.25) is 0 Å². The van der Waals surface area contributed by atoms with Crippen LogP contribution in [-0.2, 0) is 6.54 Å². The minimum atomic E-state index is -0.276. The van der Waals surface area contributed by atoms with E-state index in [-0.39, 0.29) is 5.82 Å². The SMILES string of the molecule is CN(Cc1ccc(Cl)nc1)C(=S)Nc1ccc(F)cc1. The molecule has 0 atom stereocenters. The Bertz CT molecular complexity index is 586. The summed E-state index contributed by atoms with van der Waals surface area (Å²) in [7, 11) is 1.87. The van der Waals surface area contributed by atoms with Crippen molar-refractivity contribution in [2.75, 3.05) is 12.4 Å². The van der Waals surface area contributed by atoms with Gasteiger partial charge in [-0.25, -0.2) is 9.37 Å². The highest BCUT2D eigenvalue weighted by molar-refractivity contribution is 7.80. The van der Waals surface area contributed by atoms with Gasteiger partial charge in [0.2, 0.25) is 0 Å². The molecule has 0 spiro atoms. The van der Waals surface area contributed by atoms with Gasteiger partial charge in [0.1, 0.15) is 11.0 Å². The highest BCUT2D eigenvalue weighted by atomic mass is 35.5. The minimum Gasteiger partial charge on any atom is -0.348 e. The summed E-state index contributed by atoms with van der Waals surface area (Å²) in [6.45, 7) is 0.608. The highest BCUT2D eigenvalue weighted by Crippen LogP contribution is 2.11. The van der Waals surface area contributed by atoms with Crippen LogP contribution in [0.4, 0.5) is 10.1 Å². The zero-order chi connectivity index (χ0) is 14.5. The van der Waals surface area contributed by atoms with E-state index < -0.39 is 0 Å². The summed E-state index contributed by atoms with van der Waals surface area (Å²) >= 11 is 11.0. The number of benzene rings is 1.